The van der Waals surface area contributed by atoms with Crippen LogP contribution in [0.25, 0.3) is 0 Å². The molecule has 0 fully saturated rings. The average Bonchev–Trinajstić information content (AvgIpc) is 3.07. The maximum Gasteiger partial charge on any atom is 0.433 e. The Kier molecular flexibility index (Phi) is 3.69. The SMILES string of the molecule is CNC(c1ccc([N+](=O)[O-])o1)c1cc(Br)cc2c1OCC2. The molecule has 0 aliphatic carbocycles. The van der Waals surface area contributed by atoms with Gasteiger partial charge in [0, 0.05) is 16.5 Å². The van der Waals surface area contributed by atoms with E-state index in [0.717, 1.165) is 27.8 Å². The van der Waals surface area contributed by atoms with Gasteiger partial charge in [0.25, 0.3) is 0 Å². The first kappa shape index (κ1) is 14.1. The first-order valence-corrected chi connectivity index (χ1v) is 7.26. The Balaban J connectivity index is 2.06. The lowest BCUT2D eigenvalue weighted by molar-refractivity contribution is -0.402. The summed E-state index contributed by atoms with van der Waals surface area (Å²) < 4.78 is 12.0. The van der Waals surface area contributed by atoms with Crippen molar-refractivity contribution >= 4 is 21.8 Å². The van der Waals surface area contributed by atoms with E-state index in [9.17, 15) is 10.1 Å². The monoisotopic (exact) mass is 352 g/mol. The molecule has 1 aromatic heterocycles. The van der Waals surface area contributed by atoms with Crippen LogP contribution in [-0.4, -0.2) is 18.6 Å². The Labute approximate surface area is 129 Å². The third-order valence-electron chi connectivity index (χ3n) is 3.45. The van der Waals surface area contributed by atoms with Crippen LogP contribution in [0.3, 0.4) is 0 Å². The largest absolute Gasteiger partial charge is 0.493 e. The zero-order valence-electron chi connectivity index (χ0n) is 11.3. The molecule has 1 aliphatic rings. The highest BCUT2D eigenvalue weighted by Crippen LogP contribution is 2.39. The summed E-state index contributed by atoms with van der Waals surface area (Å²) in [6.45, 7) is 0.646. The first-order valence-electron chi connectivity index (χ1n) is 6.46. The molecule has 21 heavy (non-hydrogen) atoms. The van der Waals surface area contributed by atoms with E-state index in [4.69, 9.17) is 9.15 Å². The lowest BCUT2D eigenvalue weighted by Gasteiger charge is -2.17. The molecule has 0 spiro atoms. The summed E-state index contributed by atoms with van der Waals surface area (Å²) in [5.74, 6) is 1.05. The molecule has 110 valence electrons. The van der Waals surface area contributed by atoms with E-state index in [0.29, 0.717) is 12.4 Å². The van der Waals surface area contributed by atoms with Crippen LogP contribution in [0.1, 0.15) is 22.9 Å². The lowest BCUT2D eigenvalue weighted by atomic mass is 10.0. The number of benzene rings is 1. The van der Waals surface area contributed by atoms with Gasteiger partial charge in [0.15, 0.2) is 0 Å². The third-order valence-corrected chi connectivity index (χ3v) is 3.91. The summed E-state index contributed by atoms with van der Waals surface area (Å²) in [7, 11) is 1.78. The van der Waals surface area contributed by atoms with Gasteiger partial charge in [0.2, 0.25) is 0 Å². The van der Waals surface area contributed by atoms with Crippen molar-refractivity contribution in [2.24, 2.45) is 0 Å². The van der Waals surface area contributed by atoms with Gasteiger partial charge in [-0.2, -0.15) is 0 Å². The number of nitro groups is 1. The van der Waals surface area contributed by atoms with E-state index in [2.05, 4.69) is 21.2 Å². The molecule has 0 bridgehead atoms. The van der Waals surface area contributed by atoms with Crippen LogP contribution in [0.4, 0.5) is 5.88 Å². The van der Waals surface area contributed by atoms with Gasteiger partial charge >= 0.3 is 5.88 Å². The van der Waals surface area contributed by atoms with Crippen LogP contribution in [0, 0.1) is 10.1 Å². The van der Waals surface area contributed by atoms with Gasteiger partial charge in [-0.25, -0.2) is 0 Å². The summed E-state index contributed by atoms with van der Waals surface area (Å²) in [6.07, 6.45) is 0.858. The number of rotatable bonds is 4. The summed E-state index contributed by atoms with van der Waals surface area (Å²) in [6, 6.07) is 6.64. The predicted molar refractivity (Wildman–Crippen MR) is 79.6 cm³/mol. The van der Waals surface area contributed by atoms with E-state index in [1.54, 1.807) is 13.1 Å². The lowest BCUT2D eigenvalue weighted by Crippen LogP contribution is -2.18. The molecule has 1 N–H and O–H groups in total. The maximum absolute atomic E-state index is 10.8. The number of hydrogen-bond acceptors (Lipinski definition) is 5. The van der Waals surface area contributed by atoms with Gasteiger partial charge in [-0.05, 0) is 30.8 Å². The number of nitrogens with one attached hydrogen (secondary N) is 1. The van der Waals surface area contributed by atoms with Crippen molar-refractivity contribution in [2.75, 3.05) is 13.7 Å². The zero-order valence-corrected chi connectivity index (χ0v) is 12.8. The van der Waals surface area contributed by atoms with Gasteiger partial charge in [-0.15, -0.1) is 0 Å². The second kappa shape index (κ2) is 5.50. The number of fused-ring (bicyclic) bond motifs is 1. The van der Waals surface area contributed by atoms with Gasteiger partial charge in [0.1, 0.15) is 16.4 Å². The summed E-state index contributed by atoms with van der Waals surface area (Å²) >= 11 is 3.49. The van der Waals surface area contributed by atoms with Crippen LogP contribution >= 0.6 is 15.9 Å². The molecular weight excluding hydrogens is 340 g/mol. The molecule has 1 aromatic carbocycles. The van der Waals surface area contributed by atoms with E-state index >= 15 is 0 Å². The molecule has 1 aliphatic heterocycles. The Morgan fingerprint density at radius 2 is 2.24 bits per heavy atom. The van der Waals surface area contributed by atoms with E-state index in [1.165, 1.54) is 6.07 Å². The smallest absolute Gasteiger partial charge is 0.433 e. The fraction of sp³-hybridized carbons (Fsp3) is 0.286. The standard InChI is InChI=1S/C14H13BrN2O4/c1-16-13(11-2-3-12(21-11)17(18)19)10-7-9(15)6-8-4-5-20-14(8)10/h2-3,6-7,13,16H,4-5H2,1H3. The Hall–Kier alpha value is -1.86. The van der Waals surface area contributed by atoms with Crippen LogP contribution in [0.5, 0.6) is 5.75 Å². The van der Waals surface area contributed by atoms with Crippen LogP contribution in [-0.2, 0) is 6.42 Å². The normalized spacial score (nSPS) is 14.6. The molecule has 0 radical (unpaired) electrons. The van der Waals surface area contributed by atoms with Crippen LogP contribution < -0.4 is 10.1 Å². The van der Waals surface area contributed by atoms with Crippen molar-refractivity contribution in [3.63, 3.8) is 0 Å². The Morgan fingerprint density at radius 3 is 2.90 bits per heavy atom. The highest BCUT2D eigenvalue weighted by Gasteiger charge is 2.27. The van der Waals surface area contributed by atoms with E-state index in [-0.39, 0.29) is 11.9 Å². The average molecular weight is 353 g/mol. The molecule has 1 atom stereocenters. The highest BCUT2D eigenvalue weighted by molar-refractivity contribution is 9.10. The van der Waals surface area contributed by atoms with Gasteiger partial charge in [-0.3, -0.25) is 10.1 Å². The molecule has 0 saturated heterocycles. The molecule has 0 amide bonds. The van der Waals surface area contributed by atoms with Gasteiger partial charge in [0.05, 0.1) is 18.7 Å². The van der Waals surface area contributed by atoms with Gasteiger partial charge in [-0.1, -0.05) is 15.9 Å². The van der Waals surface area contributed by atoms with Crippen LogP contribution in [0.2, 0.25) is 0 Å². The number of ether oxygens (including phenoxy) is 1. The van der Waals surface area contributed by atoms with Crippen molar-refractivity contribution < 1.29 is 14.1 Å². The van der Waals surface area contributed by atoms with Crippen molar-refractivity contribution in [1.29, 1.82) is 0 Å². The number of halogens is 1. The molecule has 1 unspecified atom stereocenters. The Bertz CT molecular complexity index is 698. The van der Waals surface area contributed by atoms with Crippen LogP contribution in [0.15, 0.2) is 33.2 Å². The molecular formula is C14H13BrN2O4. The molecule has 2 heterocycles. The topological polar surface area (TPSA) is 77.5 Å². The molecule has 3 rings (SSSR count). The third kappa shape index (κ3) is 2.54. The zero-order chi connectivity index (χ0) is 15.0. The minimum Gasteiger partial charge on any atom is -0.493 e. The quantitative estimate of drug-likeness (QED) is 0.675. The van der Waals surface area contributed by atoms with Crippen molar-refractivity contribution in [2.45, 2.75) is 12.5 Å². The van der Waals surface area contributed by atoms with Crippen molar-refractivity contribution in [3.8, 4) is 5.75 Å². The minimum atomic E-state index is -0.544. The fourth-order valence-electron chi connectivity index (χ4n) is 2.56. The number of nitrogens with zero attached hydrogens (tertiary/aromatic N) is 1. The fourth-order valence-corrected chi connectivity index (χ4v) is 3.08. The van der Waals surface area contributed by atoms with Gasteiger partial charge < -0.3 is 14.5 Å². The van der Waals surface area contributed by atoms with E-state index in [1.807, 2.05) is 12.1 Å². The highest BCUT2D eigenvalue weighted by atomic mass is 79.9. The van der Waals surface area contributed by atoms with Crippen molar-refractivity contribution in [1.82, 2.24) is 5.32 Å². The molecule has 2 aromatic rings. The predicted octanol–water partition coefficient (Wildman–Crippen LogP) is 3.19. The maximum atomic E-state index is 10.8. The first-order chi connectivity index (χ1) is 10.1. The summed E-state index contributed by atoms with van der Waals surface area (Å²) in [5, 5.41) is 13.9. The van der Waals surface area contributed by atoms with Crippen molar-refractivity contribution in [3.05, 3.63) is 55.7 Å². The minimum absolute atomic E-state index is 0.266. The second-order valence-corrected chi connectivity index (χ2v) is 5.65. The van der Waals surface area contributed by atoms with E-state index < -0.39 is 4.92 Å². The number of hydrogen-bond donors (Lipinski definition) is 1. The second-order valence-electron chi connectivity index (χ2n) is 4.74. The number of furan rings is 1. The molecule has 0 saturated carbocycles. The summed E-state index contributed by atoms with van der Waals surface area (Å²) in [4.78, 5) is 10.2. The Morgan fingerprint density at radius 1 is 1.43 bits per heavy atom. The molecule has 6 nitrogen and oxygen atoms in total. The summed E-state index contributed by atoms with van der Waals surface area (Å²) in [5.41, 5.74) is 2.03. The molecule has 7 heteroatoms.